The molecule has 0 spiro atoms. The van der Waals surface area contributed by atoms with Crippen LogP contribution in [0.2, 0.25) is 0 Å². The Kier molecular flexibility index (Phi) is 4.05. The van der Waals surface area contributed by atoms with Crippen LogP contribution in [0.4, 0.5) is 0 Å². The number of nitrogens with two attached hydrogens (primary N) is 1. The van der Waals surface area contributed by atoms with Crippen LogP contribution in [0.25, 0.3) is 0 Å². The van der Waals surface area contributed by atoms with Crippen LogP contribution in [-0.4, -0.2) is 18.4 Å². The van der Waals surface area contributed by atoms with Crippen molar-refractivity contribution in [2.45, 2.75) is 30.4 Å². The Bertz CT molecular complexity index is 336. The maximum Gasteiger partial charge on any atom is 0.119 e. The lowest BCUT2D eigenvalue weighted by atomic mass is 10.2. The maximum absolute atomic E-state index is 5.71. The summed E-state index contributed by atoms with van der Waals surface area (Å²) in [4.78, 5) is 1.27. The normalized spacial score (nSPS) is 11.5. The summed E-state index contributed by atoms with van der Waals surface area (Å²) in [7, 11) is 1.69. The first-order valence-corrected chi connectivity index (χ1v) is 5.84. The topological polar surface area (TPSA) is 35.2 Å². The van der Waals surface area contributed by atoms with Gasteiger partial charge in [0.05, 0.1) is 7.11 Å². The molecule has 0 radical (unpaired) electrons. The van der Waals surface area contributed by atoms with E-state index < -0.39 is 0 Å². The Hall–Kier alpha value is -0.670. The van der Waals surface area contributed by atoms with Crippen LogP contribution in [0.1, 0.15) is 19.4 Å². The van der Waals surface area contributed by atoms with Gasteiger partial charge in [-0.2, -0.15) is 0 Å². The number of ether oxygens (including phenoxy) is 1. The monoisotopic (exact) mass is 225 g/mol. The van der Waals surface area contributed by atoms with E-state index in [9.17, 15) is 0 Å². The molecule has 0 fully saturated rings. The Morgan fingerprint density at radius 3 is 2.53 bits per heavy atom. The molecule has 15 heavy (non-hydrogen) atoms. The number of aryl methyl sites for hydroxylation is 1. The van der Waals surface area contributed by atoms with Gasteiger partial charge in [-0.25, -0.2) is 0 Å². The molecule has 0 aliphatic rings. The molecule has 1 aromatic carbocycles. The van der Waals surface area contributed by atoms with E-state index in [1.165, 1.54) is 10.5 Å². The van der Waals surface area contributed by atoms with E-state index in [0.717, 1.165) is 5.75 Å². The van der Waals surface area contributed by atoms with Crippen molar-refractivity contribution in [3.05, 3.63) is 23.8 Å². The first-order chi connectivity index (χ1) is 6.98. The summed E-state index contributed by atoms with van der Waals surface area (Å²) in [6, 6.07) is 6.13. The highest BCUT2D eigenvalue weighted by Gasteiger charge is 2.18. The van der Waals surface area contributed by atoms with E-state index in [0.29, 0.717) is 6.54 Å². The van der Waals surface area contributed by atoms with Crippen molar-refractivity contribution in [1.29, 1.82) is 0 Å². The van der Waals surface area contributed by atoms with Gasteiger partial charge < -0.3 is 10.5 Å². The molecular formula is C12H19NOS. The number of thioether (sulfide) groups is 1. The fraction of sp³-hybridized carbons (Fsp3) is 0.500. The second kappa shape index (κ2) is 4.90. The summed E-state index contributed by atoms with van der Waals surface area (Å²) in [5.41, 5.74) is 6.95. The molecule has 1 rings (SSSR count). The summed E-state index contributed by atoms with van der Waals surface area (Å²) in [5, 5.41) is 0. The number of benzene rings is 1. The lowest BCUT2D eigenvalue weighted by Gasteiger charge is -2.22. The molecule has 0 saturated carbocycles. The average Bonchev–Trinajstić information content (AvgIpc) is 2.21. The van der Waals surface area contributed by atoms with Crippen molar-refractivity contribution in [2.24, 2.45) is 5.73 Å². The molecular weight excluding hydrogens is 206 g/mol. The van der Waals surface area contributed by atoms with Gasteiger partial charge in [0.15, 0.2) is 0 Å². The number of hydrogen-bond donors (Lipinski definition) is 1. The molecule has 0 atom stereocenters. The average molecular weight is 225 g/mol. The predicted octanol–water partition coefficient (Wildman–Crippen LogP) is 2.83. The van der Waals surface area contributed by atoms with Gasteiger partial charge in [-0.15, -0.1) is 11.8 Å². The summed E-state index contributed by atoms with van der Waals surface area (Å²) in [6.45, 7) is 7.07. The molecule has 0 saturated heterocycles. The van der Waals surface area contributed by atoms with Gasteiger partial charge in [0.25, 0.3) is 0 Å². The fourth-order valence-corrected chi connectivity index (χ4v) is 2.24. The number of hydrogen-bond acceptors (Lipinski definition) is 3. The molecule has 0 aliphatic carbocycles. The largest absolute Gasteiger partial charge is 0.497 e. The molecule has 0 unspecified atom stereocenters. The van der Waals surface area contributed by atoms with Crippen LogP contribution in [0.15, 0.2) is 23.1 Å². The van der Waals surface area contributed by atoms with Crippen LogP contribution in [0.5, 0.6) is 5.75 Å². The van der Waals surface area contributed by atoms with Crippen LogP contribution in [0.3, 0.4) is 0 Å². The SMILES string of the molecule is COc1ccc(SC(C)(C)CN)c(C)c1. The van der Waals surface area contributed by atoms with E-state index >= 15 is 0 Å². The van der Waals surface area contributed by atoms with Crippen molar-refractivity contribution in [2.75, 3.05) is 13.7 Å². The third-order valence-electron chi connectivity index (χ3n) is 2.26. The molecule has 0 amide bonds. The maximum atomic E-state index is 5.71. The quantitative estimate of drug-likeness (QED) is 0.800. The Morgan fingerprint density at radius 2 is 2.07 bits per heavy atom. The van der Waals surface area contributed by atoms with E-state index in [1.54, 1.807) is 7.11 Å². The van der Waals surface area contributed by atoms with Crippen molar-refractivity contribution in [3.63, 3.8) is 0 Å². The second-order valence-corrected chi connectivity index (χ2v) is 5.95. The van der Waals surface area contributed by atoms with Crippen molar-refractivity contribution in [1.82, 2.24) is 0 Å². The zero-order valence-corrected chi connectivity index (χ0v) is 10.6. The third-order valence-corrected chi connectivity index (χ3v) is 3.66. The Balaban J connectivity index is 2.87. The summed E-state index contributed by atoms with van der Waals surface area (Å²) < 4.78 is 5.26. The minimum Gasteiger partial charge on any atom is -0.497 e. The van der Waals surface area contributed by atoms with Crippen molar-refractivity contribution in [3.8, 4) is 5.75 Å². The van der Waals surface area contributed by atoms with Gasteiger partial charge in [0.1, 0.15) is 5.75 Å². The van der Waals surface area contributed by atoms with E-state index in [2.05, 4.69) is 32.9 Å². The van der Waals surface area contributed by atoms with Gasteiger partial charge in [0, 0.05) is 16.2 Å². The molecule has 84 valence electrons. The van der Waals surface area contributed by atoms with Crippen LogP contribution in [-0.2, 0) is 0 Å². The number of methoxy groups -OCH3 is 1. The lowest BCUT2D eigenvalue weighted by molar-refractivity contribution is 0.414. The predicted molar refractivity (Wildman–Crippen MR) is 66.7 cm³/mol. The fourth-order valence-electron chi connectivity index (χ4n) is 1.20. The second-order valence-electron chi connectivity index (χ2n) is 4.20. The van der Waals surface area contributed by atoms with Crippen molar-refractivity contribution >= 4 is 11.8 Å². The van der Waals surface area contributed by atoms with Gasteiger partial charge in [0.2, 0.25) is 0 Å². The molecule has 2 N–H and O–H groups in total. The molecule has 1 aromatic rings. The van der Waals surface area contributed by atoms with Crippen LogP contribution >= 0.6 is 11.8 Å². The first kappa shape index (κ1) is 12.4. The van der Waals surface area contributed by atoms with Gasteiger partial charge in [-0.05, 0) is 44.5 Å². The zero-order valence-electron chi connectivity index (χ0n) is 9.83. The third kappa shape index (κ3) is 3.43. The lowest BCUT2D eigenvalue weighted by Crippen LogP contribution is -2.26. The van der Waals surface area contributed by atoms with Gasteiger partial charge >= 0.3 is 0 Å². The Morgan fingerprint density at radius 1 is 1.40 bits per heavy atom. The highest BCUT2D eigenvalue weighted by molar-refractivity contribution is 8.00. The molecule has 0 bridgehead atoms. The molecule has 0 heterocycles. The summed E-state index contributed by atoms with van der Waals surface area (Å²) in [6.07, 6.45) is 0. The van der Waals surface area contributed by atoms with Crippen molar-refractivity contribution < 1.29 is 4.74 Å². The molecule has 3 heteroatoms. The highest BCUT2D eigenvalue weighted by Crippen LogP contribution is 2.34. The molecule has 0 aromatic heterocycles. The van der Waals surface area contributed by atoms with E-state index in [1.807, 2.05) is 17.8 Å². The summed E-state index contributed by atoms with van der Waals surface area (Å²) >= 11 is 1.81. The minimum atomic E-state index is 0.0827. The molecule has 2 nitrogen and oxygen atoms in total. The standard InChI is InChI=1S/C12H19NOS/c1-9-7-10(14-4)5-6-11(9)15-12(2,3)8-13/h5-7H,8,13H2,1-4H3. The van der Waals surface area contributed by atoms with Gasteiger partial charge in [-0.1, -0.05) is 0 Å². The number of rotatable bonds is 4. The Labute approximate surface area is 96.2 Å². The smallest absolute Gasteiger partial charge is 0.119 e. The van der Waals surface area contributed by atoms with Crippen LogP contribution < -0.4 is 10.5 Å². The zero-order chi connectivity index (χ0) is 11.5. The summed E-state index contributed by atoms with van der Waals surface area (Å²) in [5.74, 6) is 0.905. The first-order valence-electron chi connectivity index (χ1n) is 5.02. The highest BCUT2D eigenvalue weighted by atomic mass is 32.2. The van der Waals surface area contributed by atoms with E-state index in [4.69, 9.17) is 10.5 Å². The van der Waals surface area contributed by atoms with Crippen LogP contribution in [0, 0.1) is 6.92 Å². The minimum absolute atomic E-state index is 0.0827. The van der Waals surface area contributed by atoms with E-state index in [-0.39, 0.29) is 4.75 Å². The van der Waals surface area contributed by atoms with Gasteiger partial charge in [-0.3, -0.25) is 0 Å². The molecule has 0 aliphatic heterocycles.